The molecule has 1 saturated heterocycles. The van der Waals surface area contributed by atoms with Gasteiger partial charge in [-0.15, -0.1) is 0 Å². The molecule has 0 radical (unpaired) electrons. The summed E-state index contributed by atoms with van der Waals surface area (Å²) in [5.41, 5.74) is 9.92. The Balaban J connectivity index is 2.14. The van der Waals surface area contributed by atoms with Gasteiger partial charge in [0.1, 0.15) is 0 Å². The number of hydrazine groups is 1. The highest BCUT2D eigenvalue weighted by Crippen LogP contribution is 2.23. The van der Waals surface area contributed by atoms with Crippen molar-refractivity contribution in [2.24, 2.45) is 0 Å². The molecule has 5 heteroatoms. The summed E-state index contributed by atoms with van der Waals surface area (Å²) >= 11 is 3.39. The Morgan fingerprint density at radius 1 is 1.37 bits per heavy atom. The molecule has 104 valence electrons. The van der Waals surface area contributed by atoms with Crippen molar-refractivity contribution in [3.63, 3.8) is 0 Å². The molecule has 19 heavy (non-hydrogen) atoms. The van der Waals surface area contributed by atoms with Crippen LogP contribution in [0.5, 0.6) is 0 Å². The third kappa shape index (κ3) is 3.28. The van der Waals surface area contributed by atoms with Gasteiger partial charge in [0.05, 0.1) is 5.56 Å². The number of hydrogen-bond donors (Lipinski definition) is 2. The second-order valence-electron chi connectivity index (χ2n) is 5.22. The van der Waals surface area contributed by atoms with Crippen molar-refractivity contribution in [3.8, 4) is 0 Å². The number of nitrogen functional groups attached to an aromatic ring is 1. The van der Waals surface area contributed by atoms with Crippen LogP contribution in [0.25, 0.3) is 0 Å². The second kappa shape index (κ2) is 5.92. The summed E-state index contributed by atoms with van der Waals surface area (Å²) < 4.78 is 0.761. The van der Waals surface area contributed by atoms with Crippen molar-refractivity contribution in [1.29, 1.82) is 0 Å². The number of benzene rings is 1. The first kappa shape index (κ1) is 14.3. The number of hydrogen-bond acceptors (Lipinski definition) is 3. The highest BCUT2D eigenvalue weighted by Gasteiger charge is 2.26. The lowest BCUT2D eigenvalue weighted by atomic mass is 10.00. The van der Waals surface area contributed by atoms with Gasteiger partial charge in [-0.1, -0.05) is 6.42 Å². The number of halogens is 1. The van der Waals surface area contributed by atoms with Gasteiger partial charge in [-0.25, -0.2) is 5.01 Å². The van der Waals surface area contributed by atoms with E-state index in [9.17, 15) is 4.79 Å². The molecule has 1 aromatic carbocycles. The van der Waals surface area contributed by atoms with Gasteiger partial charge in [-0.05, 0) is 60.8 Å². The first-order valence-electron chi connectivity index (χ1n) is 6.63. The summed E-state index contributed by atoms with van der Waals surface area (Å²) in [4.78, 5) is 12.3. The average Bonchev–Trinajstić information content (AvgIpc) is 2.37. The Morgan fingerprint density at radius 2 is 2.00 bits per heavy atom. The van der Waals surface area contributed by atoms with E-state index >= 15 is 0 Å². The molecular weight excluding hydrogens is 306 g/mol. The maximum absolute atomic E-state index is 12.3. The molecule has 2 unspecified atom stereocenters. The fourth-order valence-electron chi connectivity index (χ4n) is 2.54. The molecule has 1 aliphatic rings. The summed E-state index contributed by atoms with van der Waals surface area (Å²) in [6.45, 7) is 4.29. The first-order valence-corrected chi connectivity index (χ1v) is 7.42. The molecule has 0 saturated carbocycles. The molecule has 1 amide bonds. The zero-order valence-electron chi connectivity index (χ0n) is 11.3. The van der Waals surface area contributed by atoms with E-state index in [0.29, 0.717) is 23.3 Å². The molecule has 1 aliphatic heterocycles. The Hall–Kier alpha value is -1.07. The van der Waals surface area contributed by atoms with Gasteiger partial charge in [-0.3, -0.25) is 10.2 Å². The molecular formula is C14H20BrN3O. The number of rotatable bonds is 2. The van der Waals surface area contributed by atoms with Crippen LogP contribution >= 0.6 is 15.9 Å². The first-order chi connectivity index (χ1) is 8.99. The van der Waals surface area contributed by atoms with Crippen LogP contribution in [-0.4, -0.2) is 23.0 Å². The molecule has 1 heterocycles. The van der Waals surface area contributed by atoms with Gasteiger partial charge in [0.2, 0.25) is 0 Å². The summed E-state index contributed by atoms with van der Waals surface area (Å²) in [6, 6.07) is 6.00. The average molecular weight is 326 g/mol. The molecule has 1 fully saturated rings. The Bertz CT molecular complexity index is 468. The molecule has 2 atom stereocenters. The number of carbonyl (C=O) groups is 1. The van der Waals surface area contributed by atoms with Crippen LogP contribution in [0.3, 0.4) is 0 Å². The fourth-order valence-corrected chi connectivity index (χ4v) is 2.96. The van der Waals surface area contributed by atoms with Gasteiger partial charge in [0, 0.05) is 22.2 Å². The number of nitrogens with zero attached hydrogens (tertiary/aromatic N) is 1. The standard InChI is InChI=1S/C14H20BrN3O/c1-9-4-3-5-10(2)18(9)17-14(19)12-8-11(16)6-7-13(12)15/h6-10H,3-5,16H2,1-2H3,(H,17,19). The minimum Gasteiger partial charge on any atom is -0.399 e. The zero-order valence-corrected chi connectivity index (χ0v) is 12.9. The van der Waals surface area contributed by atoms with E-state index in [1.54, 1.807) is 18.2 Å². The molecule has 0 aliphatic carbocycles. The monoisotopic (exact) mass is 325 g/mol. The lowest BCUT2D eigenvalue weighted by Crippen LogP contribution is -2.54. The molecule has 1 aromatic rings. The van der Waals surface area contributed by atoms with Crippen molar-refractivity contribution in [3.05, 3.63) is 28.2 Å². The topological polar surface area (TPSA) is 58.4 Å². The van der Waals surface area contributed by atoms with Crippen molar-refractivity contribution in [2.45, 2.75) is 45.2 Å². The Morgan fingerprint density at radius 3 is 2.63 bits per heavy atom. The van der Waals surface area contributed by atoms with Crippen LogP contribution in [0.4, 0.5) is 5.69 Å². The minimum absolute atomic E-state index is 0.111. The molecule has 4 nitrogen and oxygen atoms in total. The molecule has 0 spiro atoms. The number of amides is 1. The normalized spacial score (nSPS) is 24.2. The van der Waals surface area contributed by atoms with Crippen LogP contribution in [0.15, 0.2) is 22.7 Å². The fraction of sp³-hybridized carbons (Fsp3) is 0.500. The van der Waals surface area contributed by atoms with Gasteiger partial charge >= 0.3 is 0 Å². The third-order valence-electron chi connectivity index (χ3n) is 3.66. The number of nitrogens with two attached hydrogens (primary N) is 1. The SMILES string of the molecule is CC1CCCC(C)N1NC(=O)c1cc(N)ccc1Br. The lowest BCUT2D eigenvalue weighted by molar-refractivity contribution is 0.0369. The third-order valence-corrected chi connectivity index (χ3v) is 4.35. The largest absolute Gasteiger partial charge is 0.399 e. The smallest absolute Gasteiger partial charge is 0.266 e. The van der Waals surface area contributed by atoms with E-state index in [-0.39, 0.29) is 5.91 Å². The summed E-state index contributed by atoms with van der Waals surface area (Å²) in [6.07, 6.45) is 3.45. The second-order valence-corrected chi connectivity index (χ2v) is 6.07. The maximum Gasteiger partial charge on any atom is 0.266 e. The molecule has 3 N–H and O–H groups in total. The van der Waals surface area contributed by atoms with Gasteiger partial charge in [0.15, 0.2) is 0 Å². The molecule has 2 rings (SSSR count). The highest BCUT2D eigenvalue weighted by atomic mass is 79.9. The molecule has 0 aromatic heterocycles. The van der Waals surface area contributed by atoms with Gasteiger partial charge < -0.3 is 5.73 Å². The predicted molar refractivity (Wildman–Crippen MR) is 80.6 cm³/mol. The van der Waals surface area contributed by atoms with E-state index in [2.05, 4.69) is 40.2 Å². The van der Waals surface area contributed by atoms with Crippen LogP contribution < -0.4 is 11.2 Å². The van der Waals surface area contributed by atoms with E-state index < -0.39 is 0 Å². The minimum atomic E-state index is -0.111. The Kier molecular flexibility index (Phi) is 4.47. The number of piperidine rings is 1. The zero-order chi connectivity index (χ0) is 14.0. The van der Waals surface area contributed by atoms with Crippen molar-refractivity contribution in [2.75, 3.05) is 5.73 Å². The highest BCUT2D eigenvalue weighted by molar-refractivity contribution is 9.10. The Labute approximate surface area is 122 Å². The van der Waals surface area contributed by atoms with E-state index in [4.69, 9.17) is 5.73 Å². The van der Waals surface area contributed by atoms with Crippen molar-refractivity contribution >= 4 is 27.5 Å². The summed E-state index contributed by atoms with van der Waals surface area (Å²) in [5.74, 6) is -0.111. The van der Waals surface area contributed by atoms with E-state index in [1.807, 2.05) is 0 Å². The lowest BCUT2D eigenvalue weighted by Gasteiger charge is -2.38. The van der Waals surface area contributed by atoms with Gasteiger partial charge in [0.25, 0.3) is 5.91 Å². The maximum atomic E-state index is 12.3. The number of nitrogens with one attached hydrogen (secondary N) is 1. The summed E-state index contributed by atoms with van der Waals surface area (Å²) in [7, 11) is 0. The van der Waals surface area contributed by atoms with E-state index in [1.165, 1.54) is 6.42 Å². The van der Waals surface area contributed by atoms with Gasteiger partial charge in [-0.2, -0.15) is 0 Å². The van der Waals surface area contributed by atoms with Crippen LogP contribution in [0.2, 0.25) is 0 Å². The number of anilines is 1. The summed E-state index contributed by atoms with van der Waals surface area (Å²) in [5, 5.41) is 2.06. The van der Waals surface area contributed by atoms with Crippen molar-refractivity contribution in [1.82, 2.24) is 10.4 Å². The van der Waals surface area contributed by atoms with E-state index in [0.717, 1.165) is 17.3 Å². The number of carbonyl (C=O) groups excluding carboxylic acids is 1. The van der Waals surface area contributed by atoms with Crippen LogP contribution in [0, 0.1) is 0 Å². The van der Waals surface area contributed by atoms with Crippen molar-refractivity contribution < 1.29 is 4.79 Å². The predicted octanol–water partition coefficient (Wildman–Crippen LogP) is 2.94. The van der Waals surface area contributed by atoms with Crippen LogP contribution in [0.1, 0.15) is 43.5 Å². The quantitative estimate of drug-likeness (QED) is 0.822. The van der Waals surface area contributed by atoms with Crippen LogP contribution in [-0.2, 0) is 0 Å². The molecule has 0 bridgehead atoms.